The molecule has 204 valence electrons. The van der Waals surface area contributed by atoms with Crippen LogP contribution in [0, 0.1) is 0 Å². The number of allylic oxidation sites excluding steroid dienone is 5. The van der Waals surface area contributed by atoms with Crippen LogP contribution in [0.15, 0.2) is 121 Å². The Kier molecular flexibility index (Phi) is 5.45. The first kappa shape index (κ1) is 24.3. The van der Waals surface area contributed by atoms with Gasteiger partial charge in [0.15, 0.2) is 0 Å². The second-order valence-corrected chi connectivity index (χ2v) is 11.6. The first-order valence-corrected chi connectivity index (χ1v) is 15.2. The van der Waals surface area contributed by atoms with Crippen molar-refractivity contribution in [2.24, 2.45) is 0 Å². The molecule has 7 aromatic rings. The molecule has 0 saturated carbocycles. The van der Waals surface area contributed by atoms with E-state index in [0.717, 1.165) is 48.0 Å². The van der Waals surface area contributed by atoms with Crippen LogP contribution in [-0.4, -0.2) is 14.5 Å². The van der Waals surface area contributed by atoms with Crippen LogP contribution in [0.5, 0.6) is 0 Å². The van der Waals surface area contributed by atoms with Crippen LogP contribution >= 0.6 is 0 Å². The molecule has 2 aliphatic rings. The highest BCUT2D eigenvalue weighted by atomic mass is 15.0. The minimum atomic E-state index is 0.906. The van der Waals surface area contributed by atoms with Gasteiger partial charge in [-0.25, -0.2) is 4.98 Å². The number of benzene rings is 5. The summed E-state index contributed by atoms with van der Waals surface area (Å²) in [6.07, 6.45) is 17.4. The normalized spacial score (nSPS) is 14.6. The summed E-state index contributed by atoms with van der Waals surface area (Å²) in [5.74, 6) is 0. The average molecular weight is 552 g/mol. The van der Waals surface area contributed by atoms with Crippen LogP contribution in [0.3, 0.4) is 0 Å². The first-order valence-electron chi connectivity index (χ1n) is 15.2. The first-order chi connectivity index (χ1) is 21.3. The summed E-state index contributed by atoms with van der Waals surface area (Å²) in [5, 5.41) is 5.07. The molecule has 0 spiro atoms. The molecule has 0 radical (unpaired) electrons. The highest BCUT2D eigenvalue weighted by Gasteiger charge is 2.18. The van der Waals surface area contributed by atoms with Gasteiger partial charge < -0.3 is 4.57 Å². The summed E-state index contributed by atoms with van der Waals surface area (Å²) in [6.45, 7) is 0. The molecule has 0 unspecified atom stereocenters. The summed E-state index contributed by atoms with van der Waals surface area (Å²) in [7, 11) is 0. The molecule has 2 heterocycles. The van der Waals surface area contributed by atoms with Crippen LogP contribution < -0.4 is 0 Å². The van der Waals surface area contributed by atoms with Gasteiger partial charge in [-0.3, -0.25) is 4.98 Å². The zero-order valence-corrected chi connectivity index (χ0v) is 23.8. The number of fused-ring (bicyclic) bond motifs is 9. The molecule has 0 atom stereocenters. The van der Waals surface area contributed by atoms with Crippen molar-refractivity contribution in [3.05, 3.63) is 133 Å². The van der Waals surface area contributed by atoms with Crippen molar-refractivity contribution in [1.29, 1.82) is 0 Å². The van der Waals surface area contributed by atoms with Gasteiger partial charge >= 0.3 is 0 Å². The Labute approximate surface area is 250 Å². The third-order valence-corrected chi connectivity index (χ3v) is 9.17. The Balaban J connectivity index is 1.13. The molecule has 5 aromatic carbocycles. The van der Waals surface area contributed by atoms with Crippen LogP contribution in [0.4, 0.5) is 0 Å². The fourth-order valence-corrected chi connectivity index (χ4v) is 7.10. The number of nitrogens with zero attached hydrogens (tertiary/aromatic N) is 3. The summed E-state index contributed by atoms with van der Waals surface area (Å²) < 4.78 is 2.44. The molecule has 9 rings (SSSR count). The predicted molar refractivity (Wildman–Crippen MR) is 181 cm³/mol. The van der Waals surface area contributed by atoms with Gasteiger partial charge in [-0.1, -0.05) is 97.1 Å². The van der Waals surface area contributed by atoms with Crippen LogP contribution in [0.2, 0.25) is 0 Å². The summed E-state index contributed by atoms with van der Waals surface area (Å²) in [4.78, 5) is 10.2. The van der Waals surface area contributed by atoms with Crippen molar-refractivity contribution in [3.8, 4) is 22.4 Å². The van der Waals surface area contributed by atoms with Crippen molar-refractivity contribution >= 4 is 55.4 Å². The quantitative estimate of drug-likeness (QED) is 0.205. The largest absolute Gasteiger partial charge is 0.313 e. The monoisotopic (exact) mass is 551 g/mol. The van der Waals surface area contributed by atoms with E-state index in [1.165, 1.54) is 60.5 Å². The highest BCUT2D eigenvalue weighted by Crippen LogP contribution is 2.38. The molecule has 3 heteroatoms. The number of hydrogen-bond donors (Lipinski definition) is 0. The van der Waals surface area contributed by atoms with Gasteiger partial charge in [0.1, 0.15) is 0 Å². The van der Waals surface area contributed by atoms with Gasteiger partial charge in [-0.05, 0) is 72.0 Å². The summed E-state index contributed by atoms with van der Waals surface area (Å²) >= 11 is 0. The summed E-state index contributed by atoms with van der Waals surface area (Å²) in [5.41, 5.74) is 12.9. The lowest BCUT2D eigenvalue weighted by Crippen LogP contribution is -2.01. The molecular formula is C40H29N3. The zero-order chi connectivity index (χ0) is 28.3. The van der Waals surface area contributed by atoms with E-state index in [0.29, 0.717) is 0 Å². The fraction of sp³-hybridized carbons (Fsp3) is 0.100. The maximum absolute atomic E-state index is 5.21. The molecular weight excluding hydrogens is 522 g/mol. The van der Waals surface area contributed by atoms with Gasteiger partial charge in [-0.2, -0.15) is 0 Å². The Morgan fingerprint density at radius 2 is 1.35 bits per heavy atom. The van der Waals surface area contributed by atoms with Gasteiger partial charge in [0, 0.05) is 33.0 Å². The Morgan fingerprint density at radius 3 is 2.21 bits per heavy atom. The molecule has 2 aliphatic carbocycles. The molecule has 3 nitrogen and oxygen atoms in total. The number of aromatic nitrogens is 3. The van der Waals surface area contributed by atoms with Crippen molar-refractivity contribution in [2.75, 3.05) is 0 Å². The third kappa shape index (κ3) is 3.81. The van der Waals surface area contributed by atoms with Crippen molar-refractivity contribution in [1.82, 2.24) is 14.5 Å². The van der Waals surface area contributed by atoms with Crippen LogP contribution in [-0.2, 0) is 6.42 Å². The molecule has 0 aliphatic heterocycles. The highest BCUT2D eigenvalue weighted by molar-refractivity contribution is 6.12. The lowest BCUT2D eigenvalue weighted by molar-refractivity contribution is 0.979. The van der Waals surface area contributed by atoms with E-state index in [1.54, 1.807) is 0 Å². The Hall–Kier alpha value is -5.28. The van der Waals surface area contributed by atoms with E-state index in [4.69, 9.17) is 9.97 Å². The second kappa shape index (κ2) is 9.64. The Bertz CT molecular complexity index is 2330. The molecule has 0 saturated heterocycles. The average Bonchev–Trinajstić information content (AvgIpc) is 3.42. The maximum atomic E-state index is 5.21. The smallest absolute Gasteiger partial charge is 0.0975 e. The number of rotatable bonds is 3. The zero-order valence-electron chi connectivity index (χ0n) is 23.8. The Morgan fingerprint density at radius 1 is 0.605 bits per heavy atom. The van der Waals surface area contributed by atoms with Crippen molar-refractivity contribution in [3.63, 3.8) is 0 Å². The van der Waals surface area contributed by atoms with Gasteiger partial charge in [0.05, 0.1) is 34.0 Å². The van der Waals surface area contributed by atoms with E-state index in [2.05, 4.69) is 126 Å². The molecule has 0 N–H and O–H groups in total. The minimum absolute atomic E-state index is 0.906. The van der Waals surface area contributed by atoms with Crippen molar-refractivity contribution in [2.45, 2.75) is 25.7 Å². The molecule has 43 heavy (non-hydrogen) atoms. The maximum Gasteiger partial charge on any atom is 0.0975 e. The lowest BCUT2D eigenvalue weighted by Gasteiger charge is -2.17. The number of aryl methyl sites for hydroxylation is 1. The van der Waals surface area contributed by atoms with Gasteiger partial charge in [-0.15, -0.1) is 0 Å². The van der Waals surface area contributed by atoms with E-state index in [1.807, 2.05) is 6.20 Å². The fourth-order valence-electron chi connectivity index (χ4n) is 7.10. The summed E-state index contributed by atoms with van der Waals surface area (Å²) in [6, 6.07) is 33.1. The van der Waals surface area contributed by atoms with E-state index in [-0.39, 0.29) is 0 Å². The molecule has 0 amide bonds. The lowest BCUT2D eigenvalue weighted by atomic mass is 9.90. The van der Waals surface area contributed by atoms with E-state index >= 15 is 0 Å². The van der Waals surface area contributed by atoms with Crippen molar-refractivity contribution < 1.29 is 0 Å². The SMILES string of the molecule is C1=CCCC(n2c3ccccc3c3cc(-c4ccc(-c5cnc6c(n5)c5c(c7ccccc76)CCC=C5)cc4)ccc32)=C1. The van der Waals surface area contributed by atoms with Crippen LogP contribution in [0.25, 0.3) is 77.8 Å². The third-order valence-electron chi connectivity index (χ3n) is 9.17. The van der Waals surface area contributed by atoms with Crippen LogP contribution in [0.1, 0.15) is 30.4 Å². The standard InChI is InChI=1S/C40H29N3/c1-2-10-29(11-3-1)43-37-17-9-8-14-32(37)35-24-28(22-23-38(35)43)26-18-20-27(21-19-26)36-25-41-39-33-15-6-4-12-30(33)31-13-5-7-16-34(31)40(39)42-36/h1-2,4,6-10,12,14-25H,3,5,11,13H2. The van der Waals surface area contributed by atoms with E-state index < -0.39 is 0 Å². The molecule has 0 fully saturated rings. The van der Waals surface area contributed by atoms with Gasteiger partial charge in [0.2, 0.25) is 0 Å². The topological polar surface area (TPSA) is 30.7 Å². The van der Waals surface area contributed by atoms with E-state index in [9.17, 15) is 0 Å². The molecule has 0 bridgehead atoms. The number of hydrogen-bond acceptors (Lipinski definition) is 2. The van der Waals surface area contributed by atoms with Gasteiger partial charge in [0.25, 0.3) is 0 Å². The molecule has 2 aromatic heterocycles. The second-order valence-electron chi connectivity index (χ2n) is 11.6. The number of para-hydroxylation sites is 1. The minimum Gasteiger partial charge on any atom is -0.313 e. The predicted octanol–water partition coefficient (Wildman–Crippen LogP) is 10.4.